The number of hydrogen-bond acceptors (Lipinski definition) is 9. The highest BCUT2D eigenvalue weighted by Crippen LogP contribution is 2.43. The lowest BCUT2D eigenvalue weighted by Gasteiger charge is -2.39. The molecule has 394 valence electrons. The van der Waals surface area contributed by atoms with E-state index in [9.17, 15) is 41.1 Å². The molecular formula is C55H68F5N7O6. The molecule has 4 aromatic rings. The maximum atomic E-state index is 15.0. The summed E-state index contributed by atoms with van der Waals surface area (Å²) < 4.78 is 87.4. The van der Waals surface area contributed by atoms with E-state index < -0.39 is 65.9 Å². The molecule has 2 aromatic heterocycles. The van der Waals surface area contributed by atoms with Gasteiger partial charge in [0, 0.05) is 59.7 Å². The maximum Gasteiger partial charge on any atom is 0.406 e. The van der Waals surface area contributed by atoms with Crippen LogP contribution in [0, 0.1) is 29.1 Å². The first-order valence-electron chi connectivity index (χ1n) is 25.0. The number of fused-ring (bicyclic) bond motifs is 6. The number of aromatic nitrogens is 2. The molecule has 18 heteroatoms. The number of ether oxygens (including phenoxy) is 2. The van der Waals surface area contributed by atoms with Gasteiger partial charge in [0.25, 0.3) is 18.2 Å². The second-order valence-electron chi connectivity index (χ2n) is 21.9. The van der Waals surface area contributed by atoms with Crippen LogP contribution in [0.5, 0.6) is 0 Å². The van der Waals surface area contributed by atoms with Gasteiger partial charge < -0.3 is 24.3 Å². The summed E-state index contributed by atoms with van der Waals surface area (Å²) >= 11 is 0. The maximum absolute atomic E-state index is 15.0. The highest BCUT2D eigenvalue weighted by molar-refractivity contribution is 5.96. The van der Waals surface area contributed by atoms with Crippen molar-refractivity contribution in [2.45, 2.75) is 130 Å². The number of likely N-dealkylation sites (tertiary alicyclic amines) is 1. The van der Waals surface area contributed by atoms with Gasteiger partial charge in [0.2, 0.25) is 5.91 Å². The van der Waals surface area contributed by atoms with Gasteiger partial charge in [-0.05, 0) is 118 Å². The van der Waals surface area contributed by atoms with Crippen LogP contribution in [0.15, 0.2) is 54.7 Å². The molecule has 2 aromatic carbocycles. The van der Waals surface area contributed by atoms with Crippen LogP contribution in [-0.4, -0.2) is 125 Å². The summed E-state index contributed by atoms with van der Waals surface area (Å²) in [6, 6.07) is 10.3. The molecule has 13 nitrogen and oxygen atoms in total. The largest absolute Gasteiger partial charge is 0.464 e. The van der Waals surface area contributed by atoms with Crippen molar-refractivity contribution in [2.24, 2.45) is 17.3 Å². The summed E-state index contributed by atoms with van der Waals surface area (Å²) in [5.74, 6) is 2.39. The number of carbonyl (C=O) groups excluding carboxylic acids is 4. The highest BCUT2D eigenvalue weighted by atomic mass is 19.4. The van der Waals surface area contributed by atoms with Gasteiger partial charge in [-0.1, -0.05) is 65.7 Å². The van der Waals surface area contributed by atoms with E-state index in [1.807, 2.05) is 74.4 Å². The van der Waals surface area contributed by atoms with Crippen LogP contribution in [-0.2, 0) is 48.0 Å². The molecule has 2 N–H and O–H groups in total. The zero-order valence-electron chi connectivity index (χ0n) is 43.4. The van der Waals surface area contributed by atoms with Gasteiger partial charge in [-0.2, -0.15) is 13.2 Å². The van der Waals surface area contributed by atoms with E-state index in [0.29, 0.717) is 51.9 Å². The second kappa shape index (κ2) is 21.9. The van der Waals surface area contributed by atoms with E-state index in [1.165, 1.54) is 21.7 Å². The molecule has 73 heavy (non-hydrogen) atoms. The number of esters is 1. The number of rotatable bonds is 11. The van der Waals surface area contributed by atoms with Crippen LogP contribution in [0.3, 0.4) is 0 Å². The van der Waals surface area contributed by atoms with Gasteiger partial charge in [-0.25, -0.2) is 14.2 Å². The lowest BCUT2D eigenvalue weighted by molar-refractivity contribution is -0.155. The number of nitrogens with one attached hydrogen (secondary N) is 2. The fraction of sp³-hybridized carbons (Fsp3) is 0.545. The van der Waals surface area contributed by atoms with Crippen molar-refractivity contribution in [3.63, 3.8) is 0 Å². The van der Waals surface area contributed by atoms with Crippen molar-refractivity contribution in [1.82, 2.24) is 35.1 Å². The Hall–Kier alpha value is -5.90. The zero-order valence-corrected chi connectivity index (χ0v) is 43.4. The standard InChI is InChI=1S/C55H68F5N7O6/c1-32(2)42(29-72-38-27-65(28-38)46(68)17-18-54(7,8)64(9)10)50(69)62-44-23-34-21-36(24-37(22-34)49(56)57)35-15-16-45-40(25-35)41(26-53(5,6)31-73-52(71)43-14-12-20-67(63-43)51(44)70)48(66(45)30-55(58,59)60)39-13-11-19-61-47(39)33(3)4/h11,13,15-16,19,21-22,24-25,32-33,38,42-44,49,63H,12,14,20,23,26-31H2,1-10H3,(H,62,69)/t42-,43-,44-/m0/s1. The molecule has 0 aliphatic carbocycles. The van der Waals surface area contributed by atoms with Crippen LogP contribution in [0.2, 0.25) is 0 Å². The molecule has 2 saturated heterocycles. The van der Waals surface area contributed by atoms with Gasteiger partial charge in [0.05, 0.1) is 42.2 Å². The Kier molecular flexibility index (Phi) is 16.5. The SMILES string of the molecule is CC(C)c1ncccc1-c1c2c3cc(ccc3n1CC(F)(F)F)-c1cc(cc(C(F)F)c1)C[C@H](NC(=O)[C@@H](COC1CN(C(=O)C#CC(C)(C)N(C)C)C1)C(C)C)C(=O)N1CCC[C@H](N1)C(=O)OCC(C)(C)C2. The summed E-state index contributed by atoms with van der Waals surface area (Å²) in [6.07, 6.45) is -5.74. The zero-order chi connectivity index (χ0) is 53.3. The first kappa shape index (κ1) is 54.9. The van der Waals surface area contributed by atoms with Crippen molar-refractivity contribution in [2.75, 3.05) is 46.9 Å². The van der Waals surface area contributed by atoms with Crippen molar-refractivity contribution < 1.29 is 50.6 Å². The molecule has 6 bridgehead atoms. The molecule has 3 amide bonds. The van der Waals surface area contributed by atoms with Crippen LogP contribution < -0.4 is 10.7 Å². The minimum atomic E-state index is -4.64. The first-order valence-corrected chi connectivity index (χ1v) is 25.0. The molecule has 0 radical (unpaired) electrons. The predicted octanol–water partition coefficient (Wildman–Crippen LogP) is 8.49. The third kappa shape index (κ3) is 12.9. The smallest absolute Gasteiger partial charge is 0.406 e. The molecule has 3 aliphatic heterocycles. The van der Waals surface area contributed by atoms with Crippen LogP contribution in [0.1, 0.15) is 103 Å². The Labute approximate surface area is 424 Å². The quantitative estimate of drug-likeness (QED) is 0.0861. The minimum Gasteiger partial charge on any atom is -0.464 e. The Morgan fingerprint density at radius 1 is 1.03 bits per heavy atom. The third-order valence-electron chi connectivity index (χ3n) is 14.2. The second-order valence-corrected chi connectivity index (χ2v) is 21.9. The Bertz CT molecular complexity index is 2770. The molecule has 0 spiro atoms. The monoisotopic (exact) mass is 1020 g/mol. The average Bonchev–Trinajstić information content (AvgIpc) is 3.58. The van der Waals surface area contributed by atoms with Crippen LogP contribution in [0.25, 0.3) is 33.3 Å². The number of amides is 3. The molecule has 0 unspecified atom stereocenters. The number of cyclic esters (lactones) is 1. The number of alkyl halides is 5. The van der Waals surface area contributed by atoms with Gasteiger partial charge in [-0.3, -0.25) is 34.1 Å². The molecule has 3 aliphatic rings. The van der Waals surface area contributed by atoms with E-state index >= 15 is 0 Å². The van der Waals surface area contributed by atoms with Crippen LogP contribution >= 0.6 is 0 Å². The number of carbonyl (C=O) groups is 4. The Morgan fingerprint density at radius 2 is 1.75 bits per heavy atom. The van der Waals surface area contributed by atoms with Crippen molar-refractivity contribution in [1.29, 1.82) is 0 Å². The lowest BCUT2D eigenvalue weighted by atomic mass is 9.83. The summed E-state index contributed by atoms with van der Waals surface area (Å²) in [5, 5.41) is 4.63. The number of halogens is 5. The summed E-state index contributed by atoms with van der Waals surface area (Å²) in [6.45, 7) is 14.2. The van der Waals surface area contributed by atoms with E-state index in [0.717, 1.165) is 0 Å². The van der Waals surface area contributed by atoms with Crippen molar-refractivity contribution in [3.8, 4) is 34.2 Å². The minimum absolute atomic E-state index is 0.0376. The Morgan fingerprint density at radius 3 is 2.41 bits per heavy atom. The van der Waals surface area contributed by atoms with Crippen molar-refractivity contribution in [3.05, 3.63) is 77.1 Å². The molecular weight excluding hydrogens is 950 g/mol. The third-order valence-corrected chi connectivity index (χ3v) is 14.2. The predicted molar refractivity (Wildman–Crippen MR) is 268 cm³/mol. The van der Waals surface area contributed by atoms with Crippen molar-refractivity contribution >= 4 is 34.6 Å². The fourth-order valence-corrected chi connectivity index (χ4v) is 9.47. The number of hydrogen-bond donors (Lipinski definition) is 2. The van der Waals surface area contributed by atoms with E-state index in [4.69, 9.17) is 9.47 Å². The summed E-state index contributed by atoms with van der Waals surface area (Å²) in [5.41, 5.74) is 4.52. The van der Waals surface area contributed by atoms with Gasteiger partial charge in [0.1, 0.15) is 18.6 Å². The fourth-order valence-electron chi connectivity index (χ4n) is 9.47. The first-order chi connectivity index (χ1) is 34.2. The van der Waals surface area contributed by atoms with E-state index in [-0.39, 0.29) is 86.2 Å². The Balaban J connectivity index is 1.28. The van der Waals surface area contributed by atoms with E-state index in [1.54, 1.807) is 47.5 Å². The normalized spacial score (nSPS) is 19.4. The molecule has 2 fully saturated rings. The molecule has 0 saturated carbocycles. The van der Waals surface area contributed by atoms with Crippen LogP contribution in [0.4, 0.5) is 22.0 Å². The van der Waals surface area contributed by atoms with Gasteiger partial charge >= 0.3 is 12.1 Å². The molecule has 7 rings (SSSR count). The van der Waals surface area contributed by atoms with Gasteiger partial charge in [0.15, 0.2) is 0 Å². The summed E-state index contributed by atoms with van der Waals surface area (Å²) in [4.78, 5) is 63.9. The average molecular weight is 1020 g/mol. The summed E-state index contributed by atoms with van der Waals surface area (Å²) in [7, 11) is 3.75. The number of benzene rings is 2. The number of nitrogens with zero attached hydrogens (tertiary/aromatic N) is 5. The van der Waals surface area contributed by atoms with Gasteiger partial charge in [-0.15, -0.1) is 0 Å². The number of hydrazine groups is 1. The highest BCUT2D eigenvalue weighted by Gasteiger charge is 2.39. The van der Waals surface area contributed by atoms with E-state index in [2.05, 4.69) is 27.6 Å². The lowest BCUT2D eigenvalue weighted by Crippen LogP contribution is -2.61. The molecule has 5 heterocycles. The topological polar surface area (TPSA) is 138 Å². The molecule has 3 atom stereocenters. The number of pyridine rings is 1.